The third kappa shape index (κ3) is 3.87. The van der Waals surface area contributed by atoms with Crippen LogP contribution < -0.4 is 0 Å². The van der Waals surface area contributed by atoms with Crippen molar-refractivity contribution >= 4 is 21.9 Å². The molecule has 0 aliphatic carbocycles. The Hall–Kier alpha value is -1.25. The van der Waals surface area contributed by atoms with Gasteiger partial charge in [-0.2, -0.15) is 13.2 Å². The minimum atomic E-state index is -4.90. The minimum Gasteiger partial charge on any atom is -0.466 e. The molecule has 0 fully saturated rings. The van der Waals surface area contributed by atoms with E-state index >= 15 is 0 Å². The molecule has 0 amide bonds. The molecule has 1 rings (SSSR count). The number of carbonyl (C=O) groups is 1. The Bertz CT molecular complexity index is 504. The SMILES string of the molecule is CCOC(=O)Cc1cnc(C(F)F)c(Br)c1C(F)(F)F. The Kier molecular flexibility index (Phi) is 5.43. The molecule has 0 aliphatic heterocycles. The van der Waals surface area contributed by atoms with Crippen molar-refractivity contribution in [1.29, 1.82) is 0 Å². The van der Waals surface area contributed by atoms with E-state index in [9.17, 15) is 26.7 Å². The van der Waals surface area contributed by atoms with Crippen LogP contribution >= 0.6 is 15.9 Å². The summed E-state index contributed by atoms with van der Waals surface area (Å²) in [5.41, 5.74) is -2.88. The summed E-state index contributed by atoms with van der Waals surface area (Å²) >= 11 is 2.48. The predicted molar refractivity (Wildman–Crippen MR) is 62.2 cm³/mol. The Morgan fingerprint density at radius 2 is 2.05 bits per heavy atom. The summed E-state index contributed by atoms with van der Waals surface area (Å²) < 4.78 is 67.6. The monoisotopic (exact) mass is 361 g/mol. The molecule has 0 saturated heterocycles. The number of carbonyl (C=O) groups excluding carboxylic acids is 1. The molecule has 3 nitrogen and oxygen atoms in total. The zero-order valence-corrected chi connectivity index (χ0v) is 11.7. The Balaban J connectivity index is 3.31. The summed E-state index contributed by atoms with van der Waals surface area (Å²) in [6.07, 6.45) is -8.14. The lowest BCUT2D eigenvalue weighted by molar-refractivity contribution is -0.143. The summed E-state index contributed by atoms with van der Waals surface area (Å²) in [6.45, 7) is 1.50. The van der Waals surface area contributed by atoms with Crippen molar-refractivity contribution in [1.82, 2.24) is 4.98 Å². The topological polar surface area (TPSA) is 39.2 Å². The molecule has 1 aromatic rings. The number of nitrogens with zero attached hydrogens (tertiary/aromatic N) is 1. The smallest absolute Gasteiger partial charge is 0.417 e. The van der Waals surface area contributed by atoms with Crippen LogP contribution in [0.5, 0.6) is 0 Å². The lowest BCUT2D eigenvalue weighted by Crippen LogP contribution is -2.17. The van der Waals surface area contributed by atoms with Gasteiger partial charge < -0.3 is 4.74 Å². The molecule has 112 valence electrons. The quantitative estimate of drug-likeness (QED) is 0.602. The normalized spacial score (nSPS) is 11.8. The van der Waals surface area contributed by atoms with Crippen molar-refractivity contribution in [2.75, 3.05) is 6.61 Å². The second kappa shape index (κ2) is 6.47. The fraction of sp³-hybridized carbons (Fsp3) is 0.455. The first-order valence-electron chi connectivity index (χ1n) is 5.36. The number of hydrogen-bond donors (Lipinski definition) is 0. The highest BCUT2D eigenvalue weighted by molar-refractivity contribution is 9.10. The van der Waals surface area contributed by atoms with Gasteiger partial charge in [0.1, 0.15) is 5.69 Å². The summed E-state index contributed by atoms with van der Waals surface area (Å²) in [7, 11) is 0. The largest absolute Gasteiger partial charge is 0.466 e. The highest BCUT2D eigenvalue weighted by atomic mass is 79.9. The van der Waals surface area contributed by atoms with Gasteiger partial charge in [-0.1, -0.05) is 0 Å². The van der Waals surface area contributed by atoms with Crippen LogP contribution in [0.2, 0.25) is 0 Å². The number of pyridine rings is 1. The lowest BCUT2D eigenvalue weighted by Gasteiger charge is -2.16. The molecule has 0 radical (unpaired) electrons. The van der Waals surface area contributed by atoms with Gasteiger partial charge in [-0.3, -0.25) is 9.78 Å². The number of alkyl halides is 5. The molecule has 0 unspecified atom stereocenters. The minimum absolute atomic E-state index is 0.00387. The van der Waals surface area contributed by atoms with Gasteiger partial charge >= 0.3 is 12.1 Å². The molecule has 0 N–H and O–H groups in total. The molecular formula is C11H9BrF5NO2. The Labute approximate surface area is 119 Å². The van der Waals surface area contributed by atoms with Gasteiger partial charge in [0.05, 0.1) is 23.1 Å². The van der Waals surface area contributed by atoms with Crippen LogP contribution in [-0.2, 0) is 22.1 Å². The van der Waals surface area contributed by atoms with Crippen LogP contribution in [0.15, 0.2) is 10.7 Å². The second-order valence-corrected chi connectivity index (χ2v) is 4.43. The van der Waals surface area contributed by atoms with Gasteiger partial charge in [0.2, 0.25) is 0 Å². The van der Waals surface area contributed by atoms with Crippen LogP contribution in [0.4, 0.5) is 22.0 Å². The Morgan fingerprint density at radius 1 is 1.45 bits per heavy atom. The first-order chi connectivity index (χ1) is 9.18. The van der Waals surface area contributed by atoms with E-state index < -0.39 is 46.3 Å². The van der Waals surface area contributed by atoms with Crippen LogP contribution in [-0.4, -0.2) is 17.6 Å². The van der Waals surface area contributed by atoms with E-state index in [1.54, 1.807) is 0 Å². The summed E-state index contributed by atoms with van der Waals surface area (Å²) in [5.74, 6) is -0.892. The highest BCUT2D eigenvalue weighted by Gasteiger charge is 2.38. The van der Waals surface area contributed by atoms with Crippen molar-refractivity contribution < 1.29 is 31.5 Å². The average molecular weight is 362 g/mol. The molecular weight excluding hydrogens is 353 g/mol. The van der Waals surface area contributed by atoms with Crippen LogP contribution in [0.25, 0.3) is 0 Å². The summed E-state index contributed by atoms with van der Waals surface area (Å²) in [4.78, 5) is 14.5. The Morgan fingerprint density at radius 3 is 2.50 bits per heavy atom. The third-order valence-electron chi connectivity index (χ3n) is 2.26. The van der Waals surface area contributed by atoms with Crippen molar-refractivity contribution in [3.05, 3.63) is 27.5 Å². The van der Waals surface area contributed by atoms with Gasteiger partial charge in [-0.05, 0) is 28.4 Å². The first kappa shape index (κ1) is 16.8. The van der Waals surface area contributed by atoms with Gasteiger partial charge in [0.15, 0.2) is 0 Å². The number of aromatic nitrogens is 1. The number of halogens is 6. The fourth-order valence-electron chi connectivity index (χ4n) is 1.50. The zero-order valence-electron chi connectivity index (χ0n) is 10.1. The molecule has 1 aromatic heterocycles. The van der Waals surface area contributed by atoms with Crippen molar-refractivity contribution in [3.8, 4) is 0 Å². The average Bonchev–Trinajstić information content (AvgIpc) is 2.26. The van der Waals surface area contributed by atoms with E-state index in [0.717, 1.165) is 0 Å². The molecule has 0 bridgehead atoms. The maximum absolute atomic E-state index is 12.9. The van der Waals surface area contributed by atoms with E-state index in [0.29, 0.717) is 6.20 Å². The first-order valence-corrected chi connectivity index (χ1v) is 6.16. The molecule has 1 heterocycles. The highest BCUT2D eigenvalue weighted by Crippen LogP contribution is 2.40. The van der Waals surface area contributed by atoms with Crippen LogP contribution in [0.1, 0.15) is 30.2 Å². The molecule has 9 heteroatoms. The maximum Gasteiger partial charge on any atom is 0.417 e. The second-order valence-electron chi connectivity index (χ2n) is 3.64. The van der Waals surface area contributed by atoms with Crippen molar-refractivity contribution in [2.45, 2.75) is 25.9 Å². The maximum atomic E-state index is 12.9. The molecule has 0 atom stereocenters. The summed E-state index contributed by atoms with van der Waals surface area (Å²) in [5, 5.41) is 0. The van der Waals surface area contributed by atoms with E-state index in [4.69, 9.17) is 0 Å². The number of hydrogen-bond acceptors (Lipinski definition) is 3. The lowest BCUT2D eigenvalue weighted by atomic mass is 10.1. The molecule has 0 aliphatic rings. The number of rotatable bonds is 4. The number of ether oxygens (including phenoxy) is 1. The molecule has 20 heavy (non-hydrogen) atoms. The van der Waals surface area contributed by atoms with Gasteiger partial charge in [-0.25, -0.2) is 8.78 Å². The van der Waals surface area contributed by atoms with E-state index in [2.05, 4.69) is 25.7 Å². The predicted octanol–water partition coefficient (Wildman–Crippen LogP) is 3.91. The van der Waals surface area contributed by atoms with Crippen molar-refractivity contribution in [3.63, 3.8) is 0 Å². The van der Waals surface area contributed by atoms with E-state index in [-0.39, 0.29) is 6.61 Å². The molecule has 0 spiro atoms. The van der Waals surface area contributed by atoms with E-state index in [1.807, 2.05) is 0 Å². The van der Waals surface area contributed by atoms with E-state index in [1.165, 1.54) is 6.92 Å². The van der Waals surface area contributed by atoms with Crippen LogP contribution in [0.3, 0.4) is 0 Å². The fourth-order valence-corrected chi connectivity index (χ4v) is 2.25. The standard InChI is InChI=1S/C11H9BrF5NO2/c1-2-20-6(19)3-5-4-18-9(10(13)14)8(12)7(5)11(15,16)17/h4,10H,2-3H2,1H3. The third-order valence-corrected chi connectivity index (χ3v) is 3.06. The van der Waals surface area contributed by atoms with Crippen LogP contribution in [0, 0.1) is 0 Å². The zero-order chi connectivity index (χ0) is 15.5. The van der Waals surface area contributed by atoms with Crippen molar-refractivity contribution in [2.24, 2.45) is 0 Å². The number of esters is 1. The summed E-state index contributed by atoms with van der Waals surface area (Å²) in [6, 6.07) is 0. The molecule has 0 saturated carbocycles. The van der Waals surface area contributed by atoms with Gasteiger partial charge in [0.25, 0.3) is 6.43 Å². The van der Waals surface area contributed by atoms with Gasteiger partial charge in [0, 0.05) is 6.20 Å². The molecule has 0 aromatic carbocycles. The van der Waals surface area contributed by atoms with Gasteiger partial charge in [-0.15, -0.1) is 0 Å².